The van der Waals surface area contributed by atoms with Crippen LogP contribution < -0.4 is 5.73 Å². The maximum Gasteiger partial charge on any atom is 0.224 e. The Balaban J connectivity index is 3.62. The van der Waals surface area contributed by atoms with Crippen LogP contribution in [0, 0.1) is 5.92 Å². The molecule has 71 valence electrons. The third-order valence-electron chi connectivity index (χ3n) is 2.01. The summed E-state index contributed by atoms with van der Waals surface area (Å²) in [6.07, 6.45) is 6.22. The third kappa shape index (κ3) is 5.16. The number of rotatable bonds is 7. The lowest BCUT2D eigenvalue weighted by Crippen LogP contribution is -2.21. The number of primary amides is 1. The van der Waals surface area contributed by atoms with E-state index < -0.39 is 0 Å². The first-order valence-electron chi connectivity index (χ1n) is 4.86. The molecule has 0 rings (SSSR count). The summed E-state index contributed by atoms with van der Waals surface area (Å²) in [5.41, 5.74) is 5.24. The van der Waals surface area contributed by atoms with E-state index in [4.69, 9.17) is 5.73 Å². The second-order valence-corrected chi connectivity index (χ2v) is 3.17. The van der Waals surface area contributed by atoms with E-state index in [1.165, 1.54) is 0 Å². The lowest BCUT2D eigenvalue weighted by Gasteiger charge is -2.10. The van der Waals surface area contributed by atoms with E-state index in [-0.39, 0.29) is 5.91 Å². The minimum atomic E-state index is -0.197. The molecular formula is C10H20NO. The molecule has 0 bridgehead atoms. The van der Waals surface area contributed by atoms with Gasteiger partial charge < -0.3 is 5.73 Å². The molecule has 2 heteroatoms. The van der Waals surface area contributed by atoms with Gasteiger partial charge in [-0.2, -0.15) is 0 Å². The van der Waals surface area contributed by atoms with Crippen molar-refractivity contribution >= 4 is 5.91 Å². The number of carbonyl (C=O) groups is 1. The Labute approximate surface area is 75.5 Å². The van der Waals surface area contributed by atoms with Crippen LogP contribution in [-0.4, -0.2) is 5.91 Å². The molecule has 0 aromatic carbocycles. The first-order valence-corrected chi connectivity index (χ1v) is 4.86. The number of unbranched alkanes of at least 4 members (excludes halogenated alkanes) is 2. The van der Waals surface area contributed by atoms with Crippen molar-refractivity contribution in [3.8, 4) is 0 Å². The fraction of sp³-hybridized carbons (Fsp3) is 0.800. The predicted octanol–water partition coefficient (Wildman–Crippen LogP) is 2.43. The van der Waals surface area contributed by atoms with E-state index in [9.17, 15) is 4.79 Å². The quantitative estimate of drug-likeness (QED) is 0.626. The van der Waals surface area contributed by atoms with Gasteiger partial charge in [0, 0.05) is 0 Å². The number of hydrogen-bond acceptors (Lipinski definition) is 1. The zero-order chi connectivity index (χ0) is 9.40. The predicted molar refractivity (Wildman–Crippen MR) is 51.5 cm³/mol. The number of nitrogens with two attached hydrogens (primary N) is 1. The SMILES string of the molecule is CCCC[C](CCCC)C(N)=O. The monoisotopic (exact) mass is 170 g/mol. The lowest BCUT2D eigenvalue weighted by molar-refractivity contribution is -0.116. The summed E-state index contributed by atoms with van der Waals surface area (Å²) in [5.74, 6) is 0.732. The molecule has 0 aromatic heterocycles. The van der Waals surface area contributed by atoms with Crippen LogP contribution in [0.15, 0.2) is 0 Å². The first-order chi connectivity index (χ1) is 5.72. The summed E-state index contributed by atoms with van der Waals surface area (Å²) in [6, 6.07) is 0. The second kappa shape index (κ2) is 7.14. The van der Waals surface area contributed by atoms with Gasteiger partial charge in [0.1, 0.15) is 0 Å². The Bertz CT molecular complexity index is 115. The van der Waals surface area contributed by atoms with Gasteiger partial charge in [-0.05, 0) is 12.8 Å². The summed E-state index contributed by atoms with van der Waals surface area (Å²) >= 11 is 0. The average Bonchev–Trinajstić information content (AvgIpc) is 2.04. The van der Waals surface area contributed by atoms with Crippen molar-refractivity contribution in [1.29, 1.82) is 0 Å². The summed E-state index contributed by atoms with van der Waals surface area (Å²) in [5, 5.41) is 0. The summed E-state index contributed by atoms with van der Waals surface area (Å²) in [4.78, 5) is 10.9. The van der Waals surface area contributed by atoms with Crippen LogP contribution in [0.1, 0.15) is 52.4 Å². The largest absolute Gasteiger partial charge is 0.369 e. The Morgan fingerprint density at radius 1 is 1.08 bits per heavy atom. The molecule has 2 N–H and O–H groups in total. The Morgan fingerprint density at radius 3 is 1.75 bits per heavy atom. The van der Waals surface area contributed by atoms with Gasteiger partial charge in [-0.15, -0.1) is 0 Å². The molecule has 12 heavy (non-hydrogen) atoms. The van der Waals surface area contributed by atoms with Crippen molar-refractivity contribution in [3.05, 3.63) is 5.92 Å². The fourth-order valence-corrected chi connectivity index (χ4v) is 1.15. The van der Waals surface area contributed by atoms with Crippen molar-refractivity contribution in [2.45, 2.75) is 52.4 Å². The molecule has 1 radical (unpaired) electrons. The Morgan fingerprint density at radius 2 is 1.50 bits per heavy atom. The molecule has 1 amide bonds. The van der Waals surface area contributed by atoms with Crippen molar-refractivity contribution in [2.75, 3.05) is 0 Å². The molecule has 0 saturated heterocycles. The summed E-state index contributed by atoms with van der Waals surface area (Å²) in [6.45, 7) is 4.25. The minimum Gasteiger partial charge on any atom is -0.369 e. The fourth-order valence-electron chi connectivity index (χ4n) is 1.15. The van der Waals surface area contributed by atoms with Crippen LogP contribution in [0.5, 0.6) is 0 Å². The molecule has 0 unspecified atom stereocenters. The van der Waals surface area contributed by atoms with Crippen molar-refractivity contribution in [2.24, 2.45) is 5.73 Å². The van der Waals surface area contributed by atoms with E-state index in [0.717, 1.165) is 44.4 Å². The van der Waals surface area contributed by atoms with Gasteiger partial charge in [-0.3, -0.25) is 4.79 Å². The molecule has 0 atom stereocenters. The normalized spacial score (nSPS) is 10.6. The van der Waals surface area contributed by atoms with Gasteiger partial charge in [0.2, 0.25) is 5.91 Å². The molecule has 0 heterocycles. The van der Waals surface area contributed by atoms with Crippen molar-refractivity contribution in [3.63, 3.8) is 0 Å². The van der Waals surface area contributed by atoms with Gasteiger partial charge in [-0.1, -0.05) is 39.5 Å². The highest BCUT2D eigenvalue weighted by Crippen LogP contribution is 2.17. The molecule has 0 fully saturated rings. The zero-order valence-corrected chi connectivity index (χ0v) is 8.23. The molecule has 0 aliphatic heterocycles. The van der Waals surface area contributed by atoms with Gasteiger partial charge in [0.25, 0.3) is 0 Å². The number of amides is 1. The minimum absolute atomic E-state index is 0.197. The Hall–Kier alpha value is -0.530. The molecule has 0 aliphatic carbocycles. The van der Waals surface area contributed by atoms with E-state index in [1.807, 2.05) is 0 Å². The number of hydrogen-bond donors (Lipinski definition) is 1. The maximum absolute atomic E-state index is 10.9. The molecule has 0 spiro atoms. The van der Waals surface area contributed by atoms with Crippen LogP contribution in [0.4, 0.5) is 0 Å². The average molecular weight is 170 g/mol. The van der Waals surface area contributed by atoms with Crippen molar-refractivity contribution < 1.29 is 4.79 Å². The number of carbonyl (C=O) groups excluding carboxylic acids is 1. The maximum atomic E-state index is 10.9. The third-order valence-corrected chi connectivity index (χ3v) is 2.01. The molecular weight excluding hydrogens is 150 g/mol. The summed E-state index contributed by atoms with van der Waals surface area (Å²) in [7, 11) is 0. The van der Waals surface area contributed by atoms with Gasteiger partial charge in [0.05, 0.1) is 5.92 Å². The van der Waals surface area contributed by atoms with Crippen LogP contribution >= 0.6 is 0 Å². The highest BCUT2D eigenvalue weighted by atomic mass is 16.1. The van der Waals surface area contributed by atoms with E-state index in [2.05, 4.69) is 13.8 Å². The topological polar surface area (TPSA) is 43.1 Å². The highest BCUT2D eigenvalue weighted by Gasteiger charge is 2.14. The van der Waals surface area contributed by atoms with Crippen LogP contribution in [0.25, 0.3) is 0 Å². The molecule has 2 nitrogen and oxygen atoms in total. The van der Waals surface area contributed by atoms with Crippen LogP contribution in [0.3, 0.4) is 0 Å². The second-order valence-electron chi connectivity index (χ2n) is 3.17. The smallest absolute Gasteiger partial charge is 0.224 e. The van der Waals surface area contributed by atoms with Gasteiger partial charge in [0.15, 0.2) is 0 Å². The van der Waals surface area contributed by atoms with Crippen LogP contribution in [-0.2, 0) is 4.79 Å². The van der Waals surface area contributed by atoms with Gasteiger partial charge in [-0.25, -0.2) is 0 Å². The van der Waals surface area contributed by atoms with E-state index in [0.29, 0.717) is 0 Å². The first kappa shape index (κ1) is 11.5. The van der Waals surface area contributed by atoms with Crippen molar-refractivity contribution in [1.82, 2.24) is 0 Å². The van der Waals surface area contributed by atoms with Gasteiger partial charge >= 0.3 is 0 Å². The van der Waals surface area contributed by atoms with Crippen LogP contribution in [0.2, 0.25) is 0 Å². The highest BCUT2D eigenvalue weighted by molar-refractivity contribution is 5.88. The van der Waals surface area contributed by atoms with E-state index in [1.54, 1.807) is 0 Å². The van der Waals surface area contributed by atoms with E-state index >= 15 is 0 Å². The Kier molecular flexibility index (Phi) is 6.82. The lowest BCUT2D eigenvalue weighted by atomic mass is 9.96. The summed E-state index contributed by atoms with van der Waals surface area (Å²) < 4.78 is 0. The standard InChI is InChI=1S/C10H20NO/c1-3-5-7-9(10(11)12)8-6-4-2/h3-8H2,1-2H3,(H2,11,12). The molecule has 0 aliphatic rings. The zero-order valence-electron chi connectivity index (χ0n) is 8.23. The molecule has 0 saturated carbocycles. The molecule has 0 aromatic rings.